The fourth-order valence-corrected chi connectivity index (χ4v) is 3.06. The van der Waals surface area contributed by atoms with E-state index in [4.69, 9.17) is 4.52 Å². The van der Waals surface area contributed by atoms with Gasteiger partial charge in [-0.2, -0.15) is 4.98 Å². The molecule has 0 spiro atoms. The second-order valence-electron chi connectivity index (χ2n) is 4.59. The van der Waals surface area contributed by atoms with Gasteiger partial charge in [-0.25, -0.2) is 4.68 Å². The van der Waals surface area contributed by atoms with Crippen LogP contribution in [0.15, 0.2) is 9.68 Å². The highest BCUT2D eigenvalue weighted by atomic mass is 32.2. The van der Waals surface area contributed by atoms with Crippen molar-refractivity contribution in [1.29, 1.82) is 0 Å². The van der Waals surface area contributed by atoms with Gasteiger partial charge in [-0.05, 0) is 23.3 Å². The third kappa shape index (κ3) is 2.78. The summed E-state index contributed by atoms with van der Waals surface area (Å²) in [7, 11) is 0. The summed E-state index contributed by atoms with van der Waals surface area (Å²) in [6, 6.07) is 0.450. The smallest absolute Gasteiger partial charge is 0.237 e. The number of hydrogen-bond acceptors (Lipinski definition) is 7. The molecular formula is C11H16N6OS. The maximum atomic E-state index is 5.16. The summed E-state index contributed by atoms with van der Waals surface area (Å²) in [5, 5.41) is 16.7. The number of aryl methyl sites for hydroxylation is 1. The highest BCUT2D eigenvalue weighted by Gasteiger charge is 2.22. The summed E-state index contributed by atoms with van der Waals surface area (Å²) < 4.78 is 7.10. The number of rotatable bonds is 5. The van der Waals surface area contributed by atoms with Gasteiger partial charge in [0.1, 0.15) is 0 Å². The Labute approximate surface area is 115 Å². The van der Waals surface area contributed by atoms with E-state index >= 15 is 0 Å². The molecule has 19 heavy (non-hydrogen) atoms. The summed E-state index contributed by atoms with van der Waals surface area (Å²) in [5.41, 5.74) is 0. The fraction of sp³-hybridized carbons (Fsp3) is 0.727. The zero-order valence-corrected chi connectivity index (χ0v) is 11.6. The minimum atomic E-state index is 0.450. The Morgan fingerprint density at radius 3 is 2.95 bits per heavy atom. The molecule has 1 fully saturated rings. The van der Waals surface area contributed by atoms with Crippen LogP contribution in [0.5, 0.6) is 0 Å². The van der Waals surface area contributed by atoms with Crippen molar-refractivity contribution in [1.82, 2.24) is 30.3 Å². The van der Waals surface area contributed by atoms with Gasteiger partial charge in [0.05, 0.1) is 11.8 Å². The van der Waals surface area contributed by atoms with Crippen LogP contribution in [-0.2, 0) is 12.2 Å². The maximum absolute atomic E-state index is 5.16. The van der Waals surface area contributed by atoms with Gasteiger partial charge in [0.25, 0.3) is 0 Å². The molecule has 0 saturated heterocycles. The highest BCUT2D eigenvalue weighted by molar-refractivity contribution is 7.98. The van der Waals surface area contributed by atoms with Gasteiger partial charge in [0.15, 0.2) is 5.82 Å². The molecule has 2 aromatic heterocycles. The van der Waals surface area contributed by atoms with E-state index in [1.807, 2.05) is 11.6 Å². The SMILES string of the molecule is CCc1noc(CSc2nnnn2C2CCCC2)n1. The molecule has 1 aliphatic rings. The Balaban J connectivity index is 1.65. The molecule has 102 valence electrons. The largest absolute Gasteiger partial charge is 0.338 e. The number of tetrazole rings is 1. The zero-order chi connectivity index (χ0) is 13.1. The number of aromatic nitrogens is 6. The fourth-order valence-electron chi connectivity index (χ4n) is 2.28. The highest BCUT2D eigenvalue weighted by Crippen LogP contribution is 2.31. The first-order valence-electron chi connectivity index (χ1n) is 6.59. The number of thioether (sulfide) groups is 1. The van der Waals surface area contributed by atoms with Crippen molar-refractivity contribution in [2.24, 2.45) is 0 Å². The first-order valence-corrected chi connectivity index (χ1v) is 7.57. The summed E-state index contributed by atoms with van der Waals surface area (Å²) in [6.45, 7) is 2.00. The van der Waals surface area contributed by atoms with Crippen molar-refractivity contribution in [3.05, 3.63) is 11.7 Å². The molecule has 0 unspecified atom stereocenters. The minimum Gasteiger partial charge on any atom is -0.338 e. The molecule has 7 nitrogen and oxygen atoms in total. The average Bonchev–Trinajstić information content (AvgIpc) is 3.16. The zero-order valence-electron chi connectivity index (χ0n) is 10.8. The molecule has 2 aromatic rings. The number of nitrogens with zero attached hydrogens (tertiary/aromatic N) is 6. The van der Waals surface area contributed by atoms with Crippen LogP contribution in [0.2, 0.25) is 0 Å². The standard InChI is InChI=1S/C11H16N6OS/c1-2-9-12-10(18-14-9)7-19-11-13-15-16-17(11)8-5-3-4-6-8/h8H,2-7H2,1H3. The van der Waals surface area contributed by atoms with Crippen LogP contribution in [0, 0.1) is 0 Å². The molecule has 3 rings (SSSR count). The second-order valence-corrected chi connectivity index (χ2v) is 5.53. The average molecular weight is 280 g/mol. The molecule has 0 N–H and O–H groups in total. The van der Waals surface area contributed by atoms with E-state index in [1.165, 1.54) is 25.7 Å². The predicted molar refractivity (Wildman–Crippen MR) is 68.6 cm³/mol. The Hall–Kier alpha value is -1.44. The summed E-state index contributed by atoms with van der Waals surface area (Å²) in [5.74, 6) is 1.98. The molecular weight excluding hydrogens is 264 g/mol. The van der Waals surface area contributed by atoms with Crippen LogP contribution in [0.1, 0.15) is 50.4 Å². The molecule has 0 bridgehead atoms. The monoisotopic (exact) mass is 280 g/mol. The van der Waals surface area contributed by atoms with Crippen molar-refractivity contribution in [3.8, 4) is 0 Å². The predicted octanol–water partition coefficient (Wildman–Crippen LogP) is 2.03. The Bertz CT molecular complexity index is 533. The van der Waals surface area contributed by atoms with E-state index in [-0.39, 0.29) is 0 Å². The maximum Gasteiger partial charge on any atom is 0.237 e. The van der Waals surface area contributed by atoms with Crippen LogP contribution in [-0.4, -0.2) is 30.3 Å². The Morgan fingerprint density at radius 1 is 1.37 bits per heavy atom. The lowest BCUT2D eigenvalue weighted by molar-refractivity contribution is 0.385. The summed E-state index contributed by atoms with van der Waals surface area (Å²) in [6.07, 6.45) is 5.64. The van der Waals surface area contributed by atoms with Gasteiger partial charge in [-0.3, -0.25) is 0 Å². The molecule has 0 atom stereocenters. The molecule has 0 aromatic carbocycles. The summed E-state index contributed by atoms with van der Waals surface area (Å²) in [4.78, 5) is 4.28. The quantitative estimate of drug-likeness (QED) is 0.775. The van der Waals surface area contributed by atoms with E-state index in [0.717, 1.165) is 17.4 Å². The lowest BCUT2D eigenvalue weighted by Gasteiger charge is -2.09. The third-order valence-corrected chi connectivity index (χ3v) is 4.20. The second kappa shape index (κ2) is 5.68. The lowest BCUT2D eigenvalue weighted by Crippen LogP contribution is -2.08. The van der Waals surface area contributed by atoms with Crippen molar-refractivity contribution >= 4 is 11.8 Å². The Kier molecular flexibility index (Phi) is 3.77. The minimum absolute atomic E-state index is 0.450. The third-order valence-electron chi connectivity index (χ3n) is 3.28. The molecule has 2 heterocycles. The van der Waals surface area contributed by atoms with E-state index in [9.17, 15) is 0 Å². The van der Waals surface area contributed by atoms with Crippen molar-refractivity contribution in [2.45, 2.75) is 56.0 Å². The van der Waals surface area contributed by atoms with E-state index in [0.29, 0.717) is 17.7 Å². The van der Waals surface area contributed by atoms with Crippen LogP contribution in [0.4, 0.5) is 0 Å². The first kappa shape index (κ1) is 12.6. The van der Waals surface area contributed by atoms with Crippen LogP contribution in [0.25, 0.3) is 0 Å². The lowest BCUT2D eigenvalue weighted by atomic mass is 10.3. The van der Waals surface area contributed by atoms with Gasteiger partial charge in [-0.1, -0.05) is 36.7 Å². The van der Waals surface area contributed by atoms with Gasteiger partial charge < -0.3 is 4.52 Å². The van der Waals surface area contributed by atoms with Crippen LogP contribution < -0.4 is 0 Å². The van der Waals surface area contributed by atoms with Crippen molar-refractivity contribution in [2.75, 3.05) is 0 Å². The summed E-state index contributed by atoms with van der Waals surface area (Å²) >= 11 is 1.55. The van der Waals surface area contributed by atoms with Gasteiger partial charge >= 0.3 is 0 Å². The molecule has 0 aliphatic heterocycles. The molecule has 0 radical (unpaired) electrons. The van der Waals surface area contributed by atoms with Crippen molar-refractivity contribution < 1.29 is 4.52 Å². The van der Waals surface area contributed by atoms with Gasteiger partial charge in [0.2, 0.25) is 11.0 Å². The first-order chi connectivity index (χ1) is 9.36. The molecule has 8 heteroatoms. The van der Waals surface area contributed by atoms with Crippen molar-refractivity contribution in [3.63, 3.8) is 0 Å². The van der Waals surface area contributed by atoms with Crippen LogP contribution >= 0.6 is 11.8 Å². The molecule has 0 amide bonds. The molecule has 1 aliphatic carbocycles. The van der Waals surface area contributed by atoms with E-state index in [2.05, 4.69) is 25.7 Å². The van der Waals surface area contributed by atoms with Crippen LogP contribution in [0.3, 0.4) is 0 Å². The van der Waals surface area contributed by atoms with Gasteiger partial charge in [-0.15, -0.1) is 5.10 Å². The normalized spacial score (nSPS) is 16.3. The Morgan fingerprint density at radius 2 is 2.21 bits per heavy atom. The number of hydrogen-bond donors (Lipinski definition) is 0. The molecule has 1 saturated carbocycles. The van der Waals surface area contributed by atoms with E-state index in [1.54, 1.807) is 11.8 Å². The topological polar surface area (TPSA) is 82.5 Å². The van der Waals surface area contributed by atoms with Gasteiger partial charge in [0, 0.05) is 6.42 Å². The van der Waals surface area contributed by atoms with E-state index < -0.39 is 0 Å².